The van der Waals surface area contributed by atoms with Crippen LogP contribution in [0.3, 0.4) is 0 Å². The van der Waals surface area contributed by atoms with Gasteiger partial charge in [-0.25, -0.2) is 9.67 Å². The zero-order valence-electron chi connectivity index (χ0n) is 20.8. The first-order valence-corrected chi connectivity index (χ1v) is 12.2. The molecule has 8 heteroatoms. The summed E-state index contributed by atoms with van der Waals surface area (Å²) in [6.07, 6.45) is 1.61. The third kappa shape index (κ3) is 3.79. The maximum Gasteiger partial charge on any atom is 0.282 e. The summed E-state index contributed by atoms with van der Waals surface area (Å²) in [7, 11) is 4.03. The van der Waals surface area contributed by atoms with Crippen molar-refractivity contribution < 1.29 is 0 Å². The molecule has 0 spiro atoms. The Hall–Kier alpha value is -4.17. The SMILES string of the molecule is Cc1cc(Nc2ncc3c(=O)n(-c4cccc5ccccc45)n(C)c3n2)ccc1N1CCN(C)CC1. The second-order valence-corrected chi connectivity index (χ2v) is 9.49. The molecule has 0 saturated carbocycles. The second kappa shape index (κ2) is 8.80. The second-order valence-electron chi connectivity index (χ2n) is 9.49. The Balaban J connectivity index is 1.33. The van der Waals surface area contributed by atoms with Gasteiger partial charge in [0.15, 0.2) is 5.65 Å². The van der Waals surface area contributed by atoms with E-state index in [1.165, 1.54) is 11.3 Å². The smallest absolute Gasteiger partial charge is 0.282 e. The molecule has 1 fully saturated rings. The molecule has 1 aliphatic rings. The summed E-state index contributed by atoms with van der Waals surface area (Å²) in [6, 6.07) is 20.4. The fraction of sp³-hybridized carbons (Fsp3) is 0.250. The van der Waals surface area contributed by atoms with Gasteiger partial charge < -0.3 is 15.1 Å². The van der Waals surface area contributed by atoms with Crippen LogP contribution in [0, 0.1) is 6.92 Å². The van der Waals surface area contributed by atoms with Crippen LogP contribution < -0.4 is 15.8 Å². The quantitative estimate of drug-likeness (QED) is 0.419. The average molecular weight is 480 g/mol. The van der Waals surface area contributed by atoms with E-state index >= 15 is 0 Å². The van der Waals surface area contributed by atoms with Gasteiger partial charge in [0.1, 0.15) is 5.39 Å². The van der Waals surface area contributed by atoms with E-state index < -0.39 is 0 Å². The van der Waals surface area contributed by atoms with Gasteiger partial charge in [-0.1, -0.05) is 36.4 Å². The largest absolute Gasteiger partial charge is 0.369 e. The summed E-state index contributed by atoms with van der Waals surface area (Å²) in [5.74, 6) is 0.458. The van der Waals surface area contributed by atoms with Crippen LogP contribution in [-0.2, 0) is 7.05 Å². The lowest BCUT2D eigenvalue weighted by Gasteiger charge is -2.35. The van der Waals surface area contributed by atoms with Crippen molar-refractivity contribution >= 4 is 39.1 Å². The number of nitrogens with one attached hydrogen (secondary N) is 1. The average Bonchev–Trinajstić information content (AvgIpc) is 3.13. The van der Waals surface area contributed by atoms with Crippen LogP contribution in [0.15, 0.2) is 71.7 Å². The molecule has 2 aromatic heterocycles. The zero-order chi connectivity index (χ0) is 24.8. The van der Waals surface area contributed by atoms with Crippen molar-refractivity contribution in [2.45, 2.75) is 6.92 Å². The predicted octanol–water partition coefficient (Wildman–Crippen LogP) is 4.08. The number of aryl methyl sites for hydroxylation is 2. The molecule has 36 heavy (non-hydrogen) atoms. The van der Waals surface area contributed by atoms with Crippen LogP contribution in [0.25, 0.3) is 27.5 Å². The van der Waals surface area contributed by atoms with E-state index in [2.05, 4.69) is 52.3 Å². The Labute approximate surface area is 209 Å². The summed E-state index contributed by atoms with van der Waals surface area (Å²) < 4.78 is 3.47. The van der Waals surface area contributed by atoms with Crippen LogP contribution in [0.5, 0.6) is 0 Å². The van der Waals surface area contributed by atoms with Gasteiger partial charge in [-0.3, -0.25) is 9.48 Å². The van der Waals surface area contributed by atoms with E-state index in [-0.39, 0.29) is 5.56 Å². The molecule has 3 heterocycles. The van der Waals surface area contributed by atoms with Gasteiger partial charge in [0, 0.05) is 56.2 Å². The number of piperazine rings is 1. The highest BCUT2D eigenvalue weighted by molar-refractivity contribution is 5.90. The van der Waals surface area contributed by atoms with E-state index in [9.17, 15) is 4.79 Å². The van der Waals surface area contributed by atoms with E-state index in [0.717, 1.165) is 48.3 Å². The van der Waals surface area contributed by atoms with Crippen LogP contribution in [-0.4, -0.2) is 57.5 Å². The lowest BCUT2D eigenvalue weighted by Crippen LogP contribution is -2.44. The number of likely N-dealkylation sites (N-methyl/N-ethyl adjacent to an activating group) is 1. The summed E-state index contributed by atoms with van der Waals surface area (Å²) in [4.78, 5) is 27.3. The van der Waals surface area contributed by atoms with Crippen molar-refractivity contribution in [1.29, 1.82) is 0 Å². The standard InChI is InChI=1S/C28H29N7O/c1-19-17-21(11-12-24(19)34-15-13-32(2)14-16-34)30-28-29-18-23-26(31-28)33(3)35(27(23)36)25-10-6-8-20-7-4-5-9-22(20)25/h4-12,17-18H,13-16H2,1-3H3,(H,29,30,31). The molecule has 0 atom stereocenters. The molecule has 0 radical (unpaired) electrons. The topological polar surface area (TPSA) is 71.2 Å². The van der Waals surface area contributed by atoms with Crippen molar-refractivity contribution in [2.75, 3.05) is 43.4 Å². The van der Waals surface area contributed by atoms with Gasteiger partial charge in [0.05, 0.1) is 5.69 Å². The van der Waals surface area contributed by atoms with Gasteiger partial charge in [0.2, 0.25) is 5.95 Å². The van der Waals surface area contributed by atoms with Crippen LogP contribution in [0.1, 0.15) is 5.56 Å². The third-order valence-corrected chi connectivity index (χ3v) is 7.09. The molecule has 0 bridgehead atoms. The molecular weight excluding hydrogens is 450 g/mol. The van der Waals surface area contributed by atoms with E-state index in [1.807, 2.05) is 49.5 Å². The number of nitrogens with zero attached hydrogens (tertiary/aromatic N) is 6. The normalized spacial score (nSPS) is 14.6. The molecule has 1 saturated heterocycles. The maximum absolute atomic E-state index is 13.3. The zero-order valence-corrected chi connectivity index (χ0v) is 20.8. The molecule has 182 valence electrons. The number of rotatable bonds is 4. The third-order valence-electron chi connectivity index (χ3n) is 7.09. The number of hydrogen-bond acceptors (Lipinski definition) is 6. The highest BCUT2D eigenvalue weighted by Crippen LogP contribution is 2.27. The highest BCUT2D eigenvalue weighted by Gasteiger charge is 2.18. The van der Waals surface area contributed by atoms with Gasteiger partial charge in [-0.05, 0) is 49.2 Å². The predicted molar refractivity (Wildman–Crippen MR) is 146 cm³/mol. The number of benzene rings is 3. The maximum atomic E-state index is 13.3. The highest BCUT2D eigenvalue weighted by atomic mass is 16.1. The van der Waals surface area contributed by atoms with Crippen molar-refractivity contribution in [3.63, 3.8) is 0 Å². The summed E-state index contributed by atoms with van der Waals surface area (Å²) in [5, 5.41) is 5.90. The number of fused-ring (bicyclic) bond motifs is 2. The Morgan fingerprint density at radius 3 is 2.44 bits per heavy atom. The molecule has 6 rings (SSSR count). The van der Waals surface area contributed by atoms with E-state index in [0.29, 0.717) is 17.0 Å². The Bertz CT molecular complexity index is 1640. The first-order chi connectivity index (χ1) is 17.5. The molecule has 1 aliphatic heterocycles. The minimum Gasteiger partial charge on any atom is -0.369 e. The molecule has 5 aromatic rings. The fourth-order valence-corrected chi connectivity index (χ4v) is 5.10. The Kier molecular flexibility index (Phi) is 5.45. The molecule has 0 aliphatic carbocycles. The summed E-state index contributed by atoms with van der Waals surface area (Å²) in [6.45, 7) is 6.35. The van der Waals surface area contributed by atoms with Gasteiger partial charge in [-0.2, -0.15) is 4.98 Å². The summed E-state index contributed by atoms with van der Waals surface area (Å²) in [5.41, 5.74) is 4.66. The van der Waals surface area contributed by atoms with Gasteiger partial charge in [-0.15, -0.1) is 0 Å². The monoisotopic (exact) mass is 479 g/mol. The molecule has 0 amide bonds. The lowest BCUT2D eigenvalue weighted by atomic mass is 10.1. The van der Waals surface area contributed by atoms with Crippen LogP contribution in [0.4, 0.5) is 17.3 Å². The molecule has 1 N–H and O–H groups in total. The number of anilines is 3. The minimum atomic E-state index is -0.136. The van der Waals surface area contributed by atoms with E-state index in [1.54, 1.807) is 15.6 Å². The van der Waals surface area contributed by atoms with Crippen molar-refractivity contribution in [1.82, 2.24) is 24.2 Å². The number of hydrogen-bond donors (Lipinski definition) is 1. The Morgan fingerprint density at radius 2 is 1.64 bits per heavy atom. The molecule has 3 aromatic carbocycles. The minimum absolute atomic E-state index is 0.136. The first-order valence-electron chi connectivity index (χ1n) is 12.2. The van der Waals surface area contributed by atoms with Crippen molar-refractivity contribution in [3.05, 3.63) is 82.8 Å². The Morgan fingerprint density at radius 1 is 0.861 bits per heavy atom. The molecular formula is C28H29N7O. The van der Waals surface area contributed by atoms with Crippen molar-refractivity contribution in [3.8, 4) is 5.69 Å². The van der Waals surface area contributed by atoms with Gasteiger partial charge >= 0.3 is 0 Å². The first kappa shape index (κ1) is 22.3. The lowest BCUT2D eigenvalue weighted by molar-refractivity contribution is 0.312. The van der Waals surface area contributed by atoms with Gasteiger partial charge in [0.25, 0.3) is 5.56 Å². The van der Waals surface area contributed by atoms with Crippen LogP contribution in [0.2, 0.25) is 0 Å². The number of aromatic nitrogens is 4. The van der Waals surface area contributed by atoms with Crippen LogP contribution >= 0.6 is 0 Å². The van der Waals surface area contributed by atoms with E-state index in [4.69, 9.17) is 4.98 Å². The van der Waals surface area contributed by atoms with Crippen molar-refractivity contribution in [2.24, 2.45) is 7.05 Å². The summed E-state index contributed by atoms with van der Waals surface area (Å²) >= 11 is 0. The molecule has 8 nitrogen and oxygen atoms in total. The fourth-order valence-electron chi connectivity index (χ4n) is 5.10. The molecule has 0 unspecified atom stereocenters.